The Hall–Kier alpha value is -0.160. The molecule has 3 N–H and O–H groups in total. The largest absolute Gasteiger partial charge is 0.395 e. The zero-order chi connectivity index (χ0) is 10.6. The van der Waals surface area contributed by atoms with Gasteiger partial charge in [0.25, 0.3) is 0 Å². The highest BCUT2D eigenvalue weighted by atomic mass is 16.3. The highest BCUT2D eigenvalue weighted by Crippen LogP contribution is 2.15. The first-order valence-electron chi connectivity index (χ1n) is 5.37. The third-order valence-electron chi connectivity index (χ3n) is 3.14. The van der Waals surface area contributed by atoms with Crippen molar-refractivity contribution in [2.45, 2.75) is 12.5 Å². The van der Waals surface area contributed by atoms with Crippen LogP contribution in [-0.2, 0) is 0 Å². The van der Waals surface area contributed by atoms with Crippen LogP contribution in [0, 0.1) is 5.92 Å². The normalized spacial score (nSPS) is 25.9. The van der Waals surface area contributed by atoms with Gasteiger partial charge in [-0.05, 0) is 33.0 Å². The Morgan fingerprint density at radius 1 is 1.64 bits per heavy atom. The van der Waals surface area contributed by atoms with Crippen LogP contribution in [-0.4, -0.2) is 67.8 Å². The summed E-state index contributed by atoms with van der Waals surface area (Å²) in [5.74, 6) is 0.741. The molecule has 1 fully saturated rings. The van der Waals surface area contributed by atoms with Crippen LogP contribution in [0.2, 0.25) is 0 Å². The van der Waals surface area contributed by atoms with Crippen molar-refractivity contribution >= 4 is 0 Å². The highest BCUT2D eigenvalue weighted by Gasteiger charge is 2.22. The van der Waals surface area contributed by atoms with Crippen LogP contribution >= 0.6 is 0 Å². The van der Waals surface area contributed by atoms with Crippen molar-refractivity contribution in [2.24, 2.45) is 11.7 Å². The molecule has 1 heterocycles. The summed E-state index contributed by atoms with van der Waals surface area (Å²) in [6, 6.07) is 0.126. The van der Waals surface area contributed by atoms with Gasteiger partial charge in [-0.1, -0.05) is 0 Å². The van der Waals surface area contributed by atoms with Crippen LogP contribution in [0.25, 0.3) is 0 Å². The smallest absolute Gasteiger partial charge is 0.0599 e. The minimum Gasteiger partial charge on any atom is -0.395 e. The van der Waals surface area contributed by atoms with Crippen molar-refractivity contribution in [3.8, 4) is 0 Å². The van der Waals surface area contributed by atoms with Crippen molar-refractivity contribution in [3.05, 3.63) is 0 Å². The molecule has 0 radical (unpaired) electrons. The van der Waals surface area contributed by atoms with E-state index >= 15 is 0 Å². The van der Waals surface area contributed by atoms with E-state index in [0.29, 0.717) is 6.54 Å². The minimum absolute atomic E-state index is 0.126. The maximum atomic E-state index is 9.09. The molecular weight excluding hydrogens is 178 g/mol. The van der Waals surface area contributed by atoms with E-state index in [9.17, 15) is 0 Å². The first-order valence-corrected chi connectivity index (χ1v) is 5.37. The minimum atomic E-state index is 0.126. The second kappa shape index (κ2) is 5.66. The number of likely N-dealkylation sites (N-methyl/N-ethyl adjacent to an activating group) is 1. The Balaban J connectivity index is 2.28. The highest BCUT2D eigenvalue weighted by molar-refractivity contribution is 4.78. The van der Waals surface area contributed by atoms with Gasteiger partial charge in [0.2, 0.25) is 0 Å². The van der Waals surface area contributed by atoms with Gasteiger partial charge >= 0.3 is 0 Å². The second-order valence-electron chi connectivity index (χ2n) is 4.43. The van der Waals surface area contributed by atoms with Crippen molar-refractivity contribution in [1.82, 2.24) is 9.80 Å². The number of hydrogen-bond donors (Lipinski definition) is 2. The molecule has 4 nitrogen and oxygen atoms in total. The molecule has 14 heavy (non-hydrogen) atoms. The van der Waals surface area contributed by atoms with Gasteiger partial charge in [-0.25, -0.2) is 0 Å². The van der Waals surface area contributed by atoms with Crippen molar-refractivity contribution in [1.29, 1.82) is 0 Å². The van der Waals surface area contributed by atoms with Gasteiger partial charge in [0, 0.05) is 25.7 Å². The number of nitrogens with zero attached hydrogens (tertiary/aromatic N) is 2. The van der Waals surface area contributed by atoms with E-state index in [-0.39, 0.29) is 12.6 Å². The van der Waals surface area contributed by atoms with E-state index in [1.807, 2.05) is 7.05 Å². The topological polar surface area (TPSA) is 52.7 Å². The number of nitrogens with two attached hydrogens (primary N) is 1. The van der Waals surface area contributed by atoms with Gasteiger partial charge in [0.1, 0.15) is 0 Å². The molecule has 0 aromatic carbocycles. The van der Waals surface area contributed by atoms with E-state index in [0.717, 1.165) is 12.5 Å². The van der Waals surface area contributed by atoms with Crippen LogP contribution in [0.5, 0.6) is 0 Å². The molecule has 0 aliphatic carbocycles. The summed E-state index contributed by atoms with van der Waals surface area (Å²) in [6.07, 6.45) is 1.27. The molecule has 4 heteroatoms. The number of likely N-dealkylation sites (tertiary alicyclic amines) is 1. The van der Waals surface area contributed by atoms with E-state index in [1.54, 1.807) is 0 Å². The lowest BCUT2D eigenvalue weighted by Crippen LogP contribution is -2.43. The van der Waals surface area contributed by atoms with Crippen molar-refractivity contribution < 1.29 is 5.11 Å². The van der Waals surface area contributed by atoms with Gasteiger partial charge in [-0.2, -0.15) is 0 Å². The van der Waals surface area contributed by atoms with Gasteiger partial charge in [0.05, 0.1) is 6.61 Å². The van der Waals surface area contributed by atoms with Gasteiger partial charge in [-0.3, -0.25) is 4.90 Å². The van der Waals surface area contributed by atoms with Crippen LogP contribution < -0.4 is 5.73 Å². The van der Waals surface area contributed by atoms with Crippen molar-refractivity contribution in [2.75, 3.05) is 46.9 Å². The fourth-order valence-corrected chi connectivity index (χ4v) is 2.13. The lowest BCUT2D eigenvalue weighted by Gasteiger charge is -2.27. The molecule has 0 bridgehead atoms. The van der Waals surface area contributed by atoms with Crippen LogP contribution in [0.1, 0.15) is 6.42 Å². The number of rotatable bonds is 5. The van der Waals surface area contributed by atoms with E-state index < -0.39 is 0 Å². The van der Waals surface area contributed by atoms with Crippen LogP contribution in [0.15, 0.2) is 0 Å². The fraction of sp³-hybridized carbons (Fsp3) is 1.00. The zero-order valence-corrected chi connectivity index (χ0v) is 9.32. The Kier molecular flexibility index (Phi) is 4.81. The second-order valence-corrected chi connectivity index (χ2v) is 4.43. The van der Waals surface area contributed by atoms with E-state index in [4.69, 9.17) is 10.8 Å². The Labute approximate surface area is 86.7 Å². The molecule has 1 aliphatic heterocycles. The summed E-state index contributed by atoms with van der Waals surface area (Å²) in [7, 11) is 4.21. The number of aliphatic hydroxyl groups excluding tert-OH is 1. The molecule has 84 valence electrons. The lowest BCUT2D eigenvalue weighted by atomic mass is 10.1. The maximum Gasteiger partial charge on any atom is 0.0599 e. The van der Waals surface area contributed by atoms with E-state index in [1.165, 1.54) is 19.5 Å². The first-order chi connectivity index (χ1) is 6.67. The molecule has 1 rings (SSSR count). The Morgan fingerprint density at radius 2 is 2.36 bits per heavy atom. The number of hydrogen-bond acceptors (Lipinski definition) is 4. The van der Waals surface area contributed by atoms with Gasteiger partial charge < -0.3 is 15.7 Å². The Bertz CT molecular complexity index is 161. The molecule has 1 saturated heterocycles. The van der Waals surface area contributed by atoms with Crippen molar-refractivity contribution in [3.63, 3.8) is 0 Å². The predicted octanol–water partition coefficient (Wildman–Crippen LogP) is -0.810. The average Bonchev–Trinajstić information content (AvgIpc) is 2.53. The number of aliphatic hydroxyl groups is 1. The molecule has 2 atom stereocenters. The van der Waals surface area contributed by atoms with Crippen LogP contribution in [0.4, 0.5) is 0 Å². The molecular formula is C10H23N3O. The molecule has 0 aromatic heterocycles. The molecule has 0 aromatic rings. The summed E-state index contributed by atoms with van der Waals surface area (Å²) >= 11 is 0. The first kappa shape index (κ1) is 11.9. The fourth-order valence-electron chi connectivity index (χ4n) is 2.13. The average molecular weight is 201 g/mol. The van der Waals surface area contributed by atoms with Crippen LogP contribution in [0.3, 0.4) is 0 Å². The van der Waals surface area contributed by atoms with E-state index in [2.05, 4.69) is 16.8 Å². The van der Waals surface area contributed by atoms with Gasteiger partial charge in [0.15, 0.2) is 0 Å². The maximum absolute atomic E-state index is 9.09. The molecule has 0 amide bonds. The standard InChI is InChI=1S/C10H23N3O/c1-12-4-3-9(6-12)7-13(2)10(5-11)8-14/h9-10,14H,3-8,11H2,1-2H3. The summed E-state index contributed by atoms with van der Waals surface area (Å²) in [5.41, 5.74) is 5.57. The SMILES string of the molecule is CN1CCC(CN(C)C(CN)CO)C1. The monoisotopic (exact) mass is 201 g/mol. The summed E-state index contributed by atoms with van der Waals surface area (Å²) in [6.45, 7) is 4.12. The zero-order valence-electron chi connectivity index (χ0n) is 9.32. The lowest BCUT2D eigenvalue weighted by molar-refractivity contribution is 0.136. The molecule has 1 aliphatic rings. The predicted molar refractivity (Wildman–Crippen MR) is 58.2 cm³/mol. The summed E-state index contributed by atoms with van der Waals surface area (Å²) in [4.78, 5) is 4.54. The third-order valence-corrected chi connectivity index (χ3v) is 3.14. The molecule has 0 spiro atoms. The quantitative estimate of drug-likeness (QED) is 0.611. The molecule has 2 unspecified atom stereocenters. The molecule has 0 saturated carbocycles. The van der Waals surface area contributed by atoms with Gasteiger partial charge in [-0.15, -0.1) is 0 Å². The summed E-state index contributed by atoms with van der Waals surface area (Å²) in [5, 5.41) is 9.09. The Morgan fingerprint density at radius 3 is 2.79 bits per heavy atom. The third kappa shape index (κ3) is 3.20. The summed E-state index contributed by atoms with van der Waals surface area (Å²) < 4.78 is 0.